The van der Waals surface area contributed by atoms with Crippen molar-refractivity contribution in [2.24, 2.45) is 17.6 Å². The summed E-state index contributed by atoms with van der Waals surface area (Å²) in [5.41, 5.74) is 7.40. The Morgan fingerprint density at radius 1 is 1.25 bits per heavy atom. The number of hydrogen-bond donors (Lipinski definition) is 2. The first kappa shape index (κ1) is 20.4. The third-order valence-corrected chi connectivity index (χ3v) is 5.60. The van der Waals surface area contributed by atoms with Gasteiger partial charge in [-0.2, -0.15) is 5.26 Å². The van der Waals surface area contributed by atoms with Crippen LogP contribution in [-0.4, -0.2) is 33.3 Å². The molecule has 7 nitrogen and oxygen atoms in total. The van der Waals surface area contributed by atoms with Crippen LogP contribution in [-0.2, 0) is 5.54 Å². The SMILES string of the molecule is CC(C)(C)n1nnnc1C(NCC1CCCC(CN)C1)c1ccc(C#N)cc1. The second kappa shape index (κ2) is 8.80. The predicted molar refractivity (Wildman–Crippen MR) is 108 cm³/mol. The molecule has 1 heterocycles. The summed E-state index contributed by atoms with van der Waals surface area (Å²) in [5, 5.41) is 25.4. The lowest BCUT2D eigenvalue weighted by atomic mass is 9.81. The number of nitrogens with zero attached hydrogens (tertiary/aromatic N) is 5. The van der Waals surface area contributed by atoms with E-state index in [0.29, 0.717) is 17.4 Å². The van der Waals surface area contributed by atoms with Crippen molar-refractivity contribution in [3.63, 3.8) is 0 Å². The van der Waals surface area contributed by atoms with E-state index in [1.165, 1.54) is 25.7 Å². The Kier molecular flexibility index (Phi) is 6.42. The minimum atomic E-state index is -0.221. The molecule has 0 spiro atoms. The fourth-order valence-electron chi connectivity index (χ4n) is 4.05. The molecule has 0 saturated heterocycles. The van der Waals surface area contributed by atoms with Gasteiger partial charge in [0.2, 0.25) is 0 Å². The molecule has 1 fully saturated rings. The van der Waals surface area contributed by atoms with Crippen LogP contribution in [0.5, 0.6) is 0 Å². The second-order valence-electron chi connectivity index (χ2n) is 8.83. The van der Waals surface area contributed by atoms with E-state index in [2.05, 4.69) is 47.7 Å². The molecule has 1 aliphatic carbocycles. The Morgan fingerprint density at radius 2 is 1.96 bits per heavy atom. The summed E-state index contributed by atoms with van der Waals surface area (Å²) in [4.78, 5) is 0. The molecule has 0 amide bonds. The molecular formula is C21H31N7. The van der Waals surface area contributed by atoms with Crippen LogP contribution in [0.25, 0.3) is 0 Å². The minimum absolute atomic E-state index is 0.125. The summed E-state index contributed by atoms with van der Waals surface area (Å²) in [5.74, 6) is 2.04. The van der Waals surface area contributed by atoms with Gasteiger partial charge in [0.25, 0.3) is 0 Å². The smallest absolute Gasteiger partial charge is 0.173 e. The van der Waals surface area contributed by atoms with Gasteiger partial charge in [0.1, 0.15) is 0 Å². The highest BCUT2D eigenvalue weighted by atomic mass is 15.6. The molecule has 3 rings (SSSR count). The van der Waals surface area contributed by atoms with E-state index >= 15 is 0 Å². The molecule has 0 radical (unpaired) electrons. The number of rotatable bonds is 6. The lowest BCUT2D eigenvalue weighted by molar-refractivity contribution is 0.256. The maximum absolute atomic E-state index is 9.11. The first-order chi connectivity index (χ1) is 13.4. The van der Waals surface area contributed by atoms with Crippen molar-refractivity contribution in [2.45, 2.75) is 58.0 Å². The quantitative estimate of drug-likeness (QED) is 0.797. The average molecular weight is 382 g/mol. The maximum Gasteiger partial charge on any atom is 0.173 e. The standard InChI is InChI=1S/C21H31N7/c1-21(2,3)28-20(25-26-27-28)19(18-9-7-15(12-22)8-10-18)24-14-17-6-4-5-16(11-17)13-23/h7-10,16-17,19,24H,4-6,11,13-14,23H2,1-3H3. The van der Waals surface area contributed by atoms with Gasteiger partial charge in [0, 0.05) is 0 Å². The van der Waals surface area contributed by atoms with E-state index in [9.17, 15) is 0 Å². The van der Waals surface area contributed by atoms with Crippen molar-refractivity contribution < 1.29 is 0 Å². The zero-order valence-corrected chi connectivity index (χ0v) is 17.1. The van der Waals surface area contributed by atoms with E-state index in [4.69, 9.17) is 11.0 Å². The number of tetrazole rings is 1. The molecule has 28 heavy (non-hydrogen) atoms. The van der Waals surface area contributed by atoms with E-state index in [1.807, 2.05) is 28.9 Å². The fourth-order valence-corrected chi connectivity index (χ4v) is 4.05. The van der Waals surface area contributed by atoms with Gasteiger partial charge >= 0.3 is 0 Å². The maximum atomic E-state index is 9.11. The van der Waals surface area contributed by atoms with Crippen LogP contribution in [0, 0.1) is 23.2 Å². The third kappa shape index (κ3) is 4.75. The Hall–Kier alpha value is -2.30. The van der Waals surface area contributed by atoms with Crippen molar-refractivity contribution in [1.29, 1.82) is 5.26 Å². The van der Waals surface area contributed by atoms with Crippen molar-refractivity contribution in [3.05, 3.63) is 41.2 Å². The van der Waals surface area contributed by atoms with Crippen LogP contribution in [0.3, 0.4) is 0 Å². The number of nitriles is 1. The molecule has 150 valence electrons. The van der Waals surface area contributed by atoms with Crippen molar-refractivity contribution in [1.82, 2.24) is 25.5 Å². The monoisotopic (exact) mass is 381 g/mol. The second-order valence-corrected chi connectivity index (χ2v) is 8.83. The van der Waals surface area contributed by atoms with Crippen molar-refractivity contribution >= 4 is 0 Å². The summed E-state index contributed by atoms with van der Waals surface area (Å²) in [6.45, 7) is 7.96. The van der Waals surface area contributed by atoms with Crippen molar-refractivity contribution in [3.8, 4) is 6.07 Å². The number of benzene rings is 1. The highest BCUT2D eigenvalue weighted by Gasteiger charge is 2.28. The average Bonchev–Trinajstić information content (AvgIpc) is 3.19. The highest BCUT2D eigenvalue weighted by molar-refractivity contribution is 5.34. The molecule has 2 aromatic rings. The van der Waals surface area contributed by atoms with Gasteiger partial charge in [-0.15, -0.1) is 5.10 Å². The molecular weight excluding hydrogens is 350 g/mol. The highest BCUT2D eigenvalue weighted by Crippen LogP contribution is 2.30. The minimum Gasteiger partial charge on any atom is -0.330 e. The van der Waals surface area contributed by atoms with Crippen LogP contribution in [0.1, 0.15) is 69.4 Å². The lowest BCUT2D eigenvalue weighted by Crippen LogP contribution is -2.35. The molecule has 0 bridgehead atoms. The summed E-state index contributed by atoms with van der Waals surface area (Å²) in [7, 11) is 0. The Bertz CT molecular complexity index is 797. The number of aromatic nitrogens is 4. The number of nitrogens with two attached hydrogens (primary N) is 1. The Morgan fingerprint density at radius 3 is 2.61 bits per heavy atom. The zero-order chi connectivity index (χ0) is 20.1. The normalized spacial score (nSPS) is 21.2. The molecule has 7 heteroatoms. The Labute approximate surface area is 167 Å². The van der Waals surface area contributed by atoms with E-state index in [1.54, 1.807) is 0 Å². The van der Waals surface area contributed by atoms with Crippen LogP contribution in [0.2, 0.25) is 0 Å². The first-order valence-corrected chi connectivity index (χ1v) is 10.1. The van der Waals surface area contributed by atoms with Gasteiger partial charge in [-0.25, -0.2) is 4.68 Å². The summed E-state index contributed by atoms with van der Waals surface area (Å²) in [6.07, 6.45) is 4.89. The van der Waals surface area contributed by atoms with Crippen molar-refractivity contribution in [2.75, 3.05) is 13.1 Å². The molecule has 3 atom stereocenters. The van der Waals surface area contributed by atoms with Crippen LogP contribution in [0.15, 0.2) is 24.3 Å². The molecule has 1 aromatic heterocycles. The number of hydrogen-bond acceptors (Lipinski definition) is 6. The zero-order valence-electron chi connectivity index (χ0n) is 17.1. The molecule has 3 N–H and O–H groups in total. The van der Waals surface area contributed by atoms with Gasteiger partial charge in [-0.05, 0) is 93.1 Å². The van der Waals surface area contributed by atoms with Gasteiger partial charge in [0.15, 0.2) is 5.82 Å². The van der Waals surface area contributed by atoms with Gasteiger partial charge in [-0.1, -0.05) is 18.6 Å². The van der Waals surface area contributed by atoms with Gasteiger partial charge in [0.05, 0.1) is 23.2 Å². The lowest BCUT2D eigenvalue weighted by Gasteiger charge is -2.30. The summed E-state index contributed by atoms with van der Waals surface area (Å²) in [6, 6.07) is 9.73. The topological polar surface area (TPSA) is 105 Å². The van der Waals surface area contributed by atoms with E-state index in [0.717, 1.165) is 24.5 Å². The predicted octanol–water partition coefficient (Wildman–Crippen LogP) is 2.74. The Balaban J connectivity index is 1.85. The molecule has 1 aliphatic rings. The van der Waals surface area contributed by atoms with E-state index < -0.39 is 0 Å². The molecule has 0 aliphatic heterocycles. The number of nitrogens with one attached hydrogen (secondary N) is 1. The van der Waals surface area contributed by atoms with Gasteiger partial charge in [-0.3, -0.25) is 0 Å². The van der Waals surface area contributed by atoms with Crippen LogP contribution in [0.4, 0.5) is 0 Å². The van der Waals surface area contributed by atoms with Crippen LogP contribution < -0.4 is 11.1 Å². The largest absolute Gasteiger partial charge is 0.330 e. The molecule has 1 aromatic carbocycles. The molecule has 1 saturated carbocycles. The summed E-state index contributed by atoms with van der Waals surface area (Å²) >= 11 is 0. The first-order valence-electron chi connectivity index (χ1n) is 10.1. The summed E-state index contributed by atoms with van der Waals surface area (Å²) < 4.78 is 1.88. The third-order valence-electron chi connectivity index (χ3n) is 5.60. The molecule has 3 unspecified atom stereocenters. The van der Waals surface area contributed by atoms with Gasteiger partial charge < -0.3 is 11.1 Å². The van der Waals surface area contributed by atoms with E-state index in [-0.39, 0.29) is 11.6 Å². The fraction of sp³-hybridized carbons (Fsp3) is 0.619. The van der Waals surface area contributed by atoms with Crippen LogP contribution >= 0.6 is 0 Å².